The number of hydrogen-bond acceptors (Lipinski definition) is 0. The van der Waals surface area contributed by atoms with E-state index in [9.17, 15) is 13.2 Å². The molecule has 3 aromatic carbocycles. The highest BCUT2D eigenvalue weighted by molar-refractivity contribution is 14.1. The SMILES string of the molecule is CCCc1ccc(-c2ccc(-c3ccc(I)c(F)c3F)cc2F)cc1. The summed E-state index contributed by atoms with van der Waals surface area (Å²) < 4.78 is 42.6. The van der Waals surface area contributed by atoms with Gasteiger partial charge in [-0.25, -0.2) is 13.2 Å². The molecular formula is C21H16F3I. The number of halogens is 4. The van der Waals surface area contributed by atoms with Gasteiger partial charge < -0.3 is 0 Å². The van der Waals surface area contributed by atoms with Crippen LogP contribution in [-0.4, -0.2) is 0 Å². The van der Waals surface area contributed by atoms with Gasteiger partial charge in [0.2, 0.25) is 0 Å². The molecule has 3 aromatic rings. The van der Waals surface area contributed by atoms with Gasteiger partial charge in [0.15, 0.2) is 11.6 Å². The Morgan fingerprint density at radius 2 is 1.40 bits per heavy atom. The fraction of sp³-hybridized carbons (Fsp3) is 0.143. The Kier molecular flexibility index (Phi) is 5.47. The van der Waals surface area contributed by atoms with Gasteiger partial charge in [-0.15, -0.1) is 0 Å². The highest BCUT2D eigenvalue weighted by Gasteiger charge is 2.15. The average molecular weight is 452 g/mol. The summed E-state index contributed by atoms with van der Waals surface area (Å²) in [7, 11) is 0. The van der Waals surface area contributed by atoms with Crippen molar-refractivity contribution in [1.29, 1.82) is 0 Å². The lowest BCUT2D eigenvalue weighted by Crippen LogP contribution is -1.94. The van der Waals surface area contributed by atoms with E-state index in [0.29, 0.717) is 11.1 Å². The molecule has 0 saturated carbocycles. The van der Waals surface area contributed by atoms with Crippen molar-refractivity contribution in [1.82, 2.24) is 0 Å². The molecule has 0 aliphatic heterocycles. The van der Waals surface area contributed by atoms with Crippen LogP contribution in [0.5, 0.6) is 0 Å². The molecule has 0 radical (unpaired) electrons. The molecule has 128 valence electrons. The van der Waals surface area contributed by atoms with Crippen molar-refractivity contribution < 1.29 is 13.2 Å². The summed E-state index contributed by atoms with van der Waals surface area (Å²) in [5.41, 5.74) is 2.79. The monoisotopic (exact) mass is 452 g/mol. The zero-order valence-electron chi connectivity index (χ0n) is 13.6. The summed E-state index contributed by atoms with van der Waals surface area (Å²) >= 11 is 1.73. The van der Waals surface area contributed by atoms with E-state index in [4.69, 9.17) is 0 Å². The first kappa shape index (κ1) is 18.0. The van der Waals surface area contributed by atoms with Crippen LogP contribution in [0.25, 0.3) is 22.3 Å². The van der Waals surface area contributed by atoms with E-state index < -0.39 is 17.5 Å². The lowest BCUT2D eigenvalue weighted by Gasteiger charge is -2.09. The maximum absolute atomic E-state index is 14.6. The van der Waals surface area contributed by atoms with E-state index in [2.05, 4.69) is 6.92 Å². The molecule has 0 aromatic heterocycles. The molecule has 0 unspecified atom stereocenters. The predicted octanol–water partition coefficient (Wildman–Crippen LogP) is 7.00. The Bertz CT molecular complexity index is 902. The molecule has 0 atom stereocenters. The topological polar surface area (TPSA) is 0 Å². The first-order chi connectivity index (χ1) is 12.0. The van der Waals surface area contributed by atoms with Gasteiger partial charge >= 0.3 is 0 Å². The van der Waals surface area contributed by atoms with E-state index in [1.165, 1.54) is 23.8 Å². The van der Waals surface area contributed by atoms with E-state index in [-0.39, 0.29) is 9.13 Å². The zero-order valence-corrected chi connectivity index (χ0v) is 15.8. The van der Waals surface area contributed by atoms with E-state index in [0.717, 1.165) is 18.4 Å². The molecule has 0 bridgehead atoms. The Balaban J connectivity index is 1.97. The summed E-state index contributed by atoms with van der Waals surface area (Å²) in [6, 6.07) is 15.2. The quantitative estimate of drug-likeness (QED) is 0.296. The van der Waals surface area contributed by atoms with Crippen LogP contribution in [-0.2, 0) is 6.42 Å². The first-order valence-electron chi connectivity index (χ1n) is 8.04. The number of aryl methyl sites for hydroxylation is 1. The molecule has 0 heterocycles. The first-order valence-corrected chi connectivity index (χ1v) is 9.12. The van der Waals surface area contributed by atoms with Crippen LogP contribution in [0, 0.1) is 21.0 Å². The lowest BCUT2D eigenvalue weighted by molar-refractivity contribution is 0.506. The Morgan fingerprint density at radius 3 is 2.04 bits per heavy atom. The fourth-order valence-corrected chi connectivity index (χ4v) is 3.22. The van der Waals surface area contributed by atoms with E-state index in [1.807, 2.05) is 24.3 Å². The van der Waals surface area contributed by atoms with Crippen molar-refractivity contribution in [3.05, 3.63) is 81.2 Å². The second-order valence-corrected chi connectivity index (χ2v) is 7.03. The third kappa shape index (κ3) is 3.73. The molecule has 0 saturated heterocycles. The Labute approximate surface area is 158 Å². The minimum atomic E-state index is -0.956. The van der Waals surface area contributed by atoms with Crippen LogP contribution in [0.15, 0.2) is 54.6 Å². The van der Waals surface area contributed by atoms with Crippen LogP contribution in [0.2, 0.25) is 0 Å². The minimum absolute atomic E-state index is 0.0571. The minimum Gasteiger partial charge on any atom is -0.206 e. The van der Waals surface area contributed by atoms with Crippen LogP contribution in [0.3, 0.4) is 0 Å². The van der Waals surface area contributed by atoms with Crippen LogP contribution >= 0.6 is 22.6 Å². The lowest BCUT2D eigenvalue weighted by atomic mass is 9.98. The van der Waals surface area contributed by atoms with Crippen molar-refractivity contribution in [2.75, 3.05) is 0 Å². The van der Waals surface area contributed by atoms with Crippen molar-refractivity contribution in [3.63, 3.8) is 0 Å². The maximum atomic E-state index is 14.6. The summed E-state index contributed by atoms with van der Waals surface area (Å²) in [5.74, 6) is -2.32. The third-order valence-corrected chi connectivity index (χ3v) is 4.95. The molecule has 4 heteroatoms. The van der Waals surface area contributed by atoms with Crippen molar-refractivity contribution in [2.24, 2.45) is 0 Å². The van der Waals surface area contributed by atoms with E-state index in [1.54, 1.807) is 34.7 Å². The van der Waals surface area contributed by atoms with Gasteiger partial charge in [0.25, 0.3) is 0 Å². The molecule has 0 amide bonds. The van der Waals surface area contributed by atoms with Gasteiger partial charge in [-0.2, -0.15) is 0 Å². The molecule has 0 spiro atoms. The second kappa shape index (κ2) is 7.60. The molecular weight excluding hydrogens is 436 g/mol. The van der Waals surface area contributed by atoms with Gasteiger partial charge in [0.05, 0.1) is 3.57 Å². The predicted molar refractivity (Wildman–Crippen MR) is 104 cm³/mol. The normalized spacial score (nSPS) is 10.9. The highest BCUT2D eigenvalue weighted by Crippen LogP contribution is 2.31. The largest absolute Gasteiger partial charge is 0.206 e. The molecule has 0 fully saturated rings. The van der Waals surface area contributed by atoms with Crippen LogP contribution in [0.4, 0.5) is 13.2 Å². The summed E-state index contributed by atoms with van der Waals surface area (Å²) in [4.78, 5) is 0. The molecule has 3 rings (SSSR count). The van der Waals surface area contributed by atoms with Crippen molar-refractivity contribution in [2.45, 2.75) is 19.8 Å². The highest BCUT2D eigenvalue weighted by atomic mass is 127. The van der Waals surface area contributed by atoms with Crippen LogP contribution in [0.1, 0.15) is 18.9 Å². The maximum Gasteiger partial charge on any atom is 0.172 e. The second-order valence-electron chi connectivity index (χ2n) is 5.86. The van der Waals surface area contributed by atoms with Gasteiger partial charge in [0, 0.05) is 11.1 Å². The van der Waals surface area contributed by atoms with Gasteiger partial charge in [-0.3, -0.25) is 0 Å². The Hall–Kier alpha value is -1.82. The number of hydrogen-bond donors (Lipinski definition) is 0. The van der Waals surface area contributed by atoms with Crippen LogP contribution < -0.4 is 0 Å². The number of rotatable bonds is 4. The molecule has 0 aliphatic rings. The summed E-state index contributed by atoms with van der Waals surface area (Å²) in [5, 5.41) is 0. The number of benzene rings is 3. The molecule has 0 nitrogen and oxygen atoms in total. The van der Waals surface area contributed by atoms with E-state index >= 15 is 0 Å². The third-order valence-electron chi connectivity index (χ3n) is 4.12. The Morgan fingerprint density at radius 1 is 0.760 bits per heavy atom. The fourth-order valence-electron chi connectivity index (χ4n) is 2.81. The van der Waals surface area contributed by atoms with Gasteiger partial charge in [-0.1, -0.05) is 55.8 Å². The van der Waals surface area contributed by atoms with Crippen molar-refractivity contribution in [3.8, 4) is 22.3 Å². The van der Waals surface area contributed by atoms with Crippen molar-refractivity contribution >= 4 is 22.6 Å². The average Bonchev–Trinajstić information content (AvgIpc) is 2.61. The zero-order chi connectivity index (χ0) is 18.0. The summed E-state index contributed by atoms with van der Waals surface area (Å²) in [6.45, 7) is 2.11. The molecule has 0 aliphatic carbocycles. The molecule has 25 heavy (non-hydrogen) atoms. The summed E-state index contributed by atoms with van der Waals surface area (Å²) in [6.07, 6.45) is 2.04. The smallest absolute Gasteiger partial charge is 0.172 e. The standard InChI is InChI=1S/C21H16F3I/c1-2-3-13-4-6-14(7-5-13)16-9-8-15(12-18(16)22)17-10-11-19(25)21(24)20(17)23/h4-12H,2-3H2,1H3. The van der Waals surface area contributed by atoms with Gasteiger partial charge in [-0.05, 0) is 57.8 Å². The van der Waals surface area contributed by atoms with Gasteiger partial charge in [0.1, 0.15) is 5.82 Å². The molecule has 0 N–H and O–H groups in total.